The highest BCUT2D eigenvalue weighted by Gasteiger charge is 2.18. The summed E-state index contributed by atoms with van der Waals surface area (Å²) < 4.78 is 10.3. The van der Waals surface area contributed by atoms with E-state index in [4.69, 9.17) is 9.47 Å². The average molecular weight is 387 g/mol. The maximum atomic E-state index is 12.1. The summed E-state index contributed by atoms with van der Waals surface area (Å²) in [6, 6.07) is 12.1. The van der Waals surface area contributed by atoms with Crippen LogP contribution in [0.25, 0.3) is 0 Å². The first-order valence-corrected chi connectivity index (χ1v) is 8.62. The van der Waals surface area contributed by atoms with E-state index in [2.05, 4.69) is 10.6 Å². The lowest BCUT2D eigenvalue weighted by molar-refractivity contribution is -0.136. The van der Waals surface area contributed by atoms with E-state index in [1.807, 2.05) is 31.1 Å². The molecule has 8 nitrogen and oxygen atoms in total. The molecule has 0 heterocycles. The van der Waals surface area contributed by atoms with Crippen molar-refractivity contribution >= 4 is 23.2 Å². The molecule has 8 heteroatoms. The predicted molar refractivity (Wildman–Crippen MR) is 107 cm³/mol. The lowest BCUT2D eigenvalue weighted by Gasteiger charge is -2.16. The molecule has 3 N–H and O–H groups in total. The fourth-order valence-electron chi connectivity index (χ4n) is 2.46. The van der Waals surface area contributed by atoms with Crippen LogP contribution in [0.5, 0.6) is 11.5 Å². The van der Waals surface area contributed by atoms with Crippen molar-refractivity contribution in [2.45, 2.75) is 6.10 Å². The molecule has 28 heavy (non-hydrogen) atoms. The number of carbonyl (C=O) groups excluding carboxylic acids is 2. The second kappa shape index (κ2) is 9.61. The van der Waals surface area contributed by atoms with Crippen LogP contribution in [-0.4, -0.2) is 51.8 Å². The number of hydrogen-bond donors (Lipinski definition) is 3. The Morgan fingerprint density at radius 2 is 1.71 bits per heavy atom. The summed E-state index contributed by atoms with van der Waals surface area (Å²) >= 11 is 0. The number of nitrogens with zero attached hydrogens (tertiary/aromatic N) is 1. The lowest BCUT2D eigenvalue weighted by Crippen LogP contribution is -2.37. The van der Waals surface area contributed by atoms with Gasteiger partial charge in [0.05, 0.1) is 26.0 Å². The summed E-state index contributed by atoms with van der Waals surface area (Å²) in [4.78, 5) is 26.1. The van der Waals surface area contributed by atoms with E-state index in [1.165, 1.54) is 14.2 Å². The zero-order chi connectivity index (χ0) is 20.7. The van der Waals surface area contributed by atoms with Gasteiger partial charge in [0.1, 0.15) is 11.5 Å². The number of aliphatic hydroxyl groups is 1. The number of amides is 2. The summed E-state index contributed by atoms with van der Waals surface area (Å²) in [5, 5.41) is 15.1. The van der Waals surface area contributed by atoms with E-state index in [0.717, 1.165) is 5.69 Å². The van der Waals surface area contributed by atoms with Crippen molar-refractivity contribution in [3.63, 3.8) is 0 Å². The van der Waals surface area contributed by atoms with Gasteiger partial charge in [-0.2, -0.15) is 0 Å². The third kappa shape index (κ3) is 5.37. The molecular formula is C20H25N3O5. The van der Waals surface area contributed by atoms with Crippen LogP contribution < -0.4 is 25.0 Å². The molecule has 2 aromatic carbocycles. The van der Waals surface area contributed by atoms with Crippen LogP contribution in [0.4, 0.5) is 11.4 Å². The molecule has 0 fully saturated rings. The summed E-state index contributed by atoms with van der Waals surface area (Å²) in [5.41, 5.74) is 1.97. The first kappa shape index (κ1) is 21.0. The minimum atomic E-state index is -0.927. The second-order valence-electron chi connectivity index (χ2n) is 6.23. The summed E-state index contributed by atoms with van der Waals surface area (Å²) in [6.07, 6.45) is -0.927. The Labute approximate surface area is 164 Å². The van der Waals surface area contributed by atoms with Crippen molar-refractivity contribution in [1.82, 2.24) is 5.32 Å². The standard InChI is InChI=1S/C20H25N3O5/c1-23(2)14-7-5-13(6-8-14)17(24)12-21-19(25)20(26)22-16-10-9-15(27-3)11-18(16)28-4/h5-11,17,24H,12H2,1-4H3,(H,21,25)(H,22,26)/t17-/m0/s1. The molecule has 0 unspecified atom stereocenters. The summed E-state index contributed by atoms with van der Waals surface area (Å²) in [7, 11) is 6.80. The van der Waals surface area contributed by atoms with Crippen LogP contribution in [0.15, 0.2) is 42.5 Å². The Hall–Kier alpha value is -3.26. The number of benzene rings is 2. The maximum Gasteiger partial charge on any atom is 0.313 e. The Bertz CT molecular complexity index is 821. The lowest BCUT2D eigenvalue weighted by atomic mass is 10.1. The Morgan fingerprint density at radius 1 is 1.04 bits per heavy atom. The van der Waals surface area contributed by atoms with Gasteiger partial charge in [0.15, 0.2) is 0 Å². The minimum absolute atomic E-state index is 0.0900. The van der Waals surface area contributed by atoms with E-state index in [-0.39, 0.29) is 6.54 Å². The molecule has 0 bridgehead atoms. The maximum absolute atomic E-state index is 12.1. The number of anilines is 2. The van der Waals surface area contributed by atoms with Gasteiger partial charge in [0.25, 0.3) is 0 Å². The quantitative estimate of drug-likeness (QED) is 0.624. The molecule has 0 saturated heterocycles. The van der Waals surface area contributed by atoms with E-state index in [9.17, 15) is 14.7 Å². The van der Waals surface area contributed by atoms with Crippen molar-refractivity contribution in [2.75, 3.05) is 45.1 Å². The molecule has 0 radical (unpaired) electrons. The number of hydrogen-bond acceptors (Lipinski definition) is 6. The molecule has 2 aromatic rings. The van der Waals surface area contributed by atoms with Crippen molar-refractivity contribution in [3.05, 3.63) is 48.0 Å². The number of methoxy groups -OCH3 is 2. The smallest absolute Gasteiger partial charge is 0.313 e. The number of ether oxygens (including phenoxy) is 2. The van der Waals surface area contributed by atoms with Crippen molar-refractivity contribution in [1.29, 1.82) is 0 Å². The molecule has 0 aliphatic heterocycles. The molecule has 2 rings (SSSR count). The highest BCUT2D eigenvalue weighted by Crippen LogP contribution is 2.28. The molecule has 2 amide bonds. The highest BCUT2D eigenvalue weighted by molar-refractivity contribution is 6.39. The van der Waals surface area contributed by atoms with Gasteiger partial charge < -0.3 is 30.1 Å². The third-order valence-electron chi connectivity index (χ3n) is 4.11. The molecule has 0 aromatic heterocycles. The Balaban J connectivity index is 1.92. The molecule has 1 atom stereocenters. The zero-order valence-corrected chi connectivity index (χ0v) is 16.4. The summed E-state index contributed by atoms with van der Waals surface area (Å²) in [6.45, 7) is -0.0900. The van der Waals surface area contributed by atoms with Crippen LogP contribution in [-0.2, 0) is 9.59 Å². The van der Waals surface area contributed by atoms with E-state index in [0.29, 0.717) is 22.7 Å². The third-order valence-corrected chi connectivity index (χ3v) is 4.11. The molecule has 0 aliphatic carbocycles. The van der Waals surface area contributed by atoms with Gasteiger partial charge in [-0.1, -0.05) is 12.1 Å². The fraction of sp³-hybridized carbons (Fsp3) is 0.300. The van der Waals surface area contributed by atoms with E-state index in [1.54, 1.807) is 30.3 Å². The fourth-order valence-corrected chi connectivity index (χ4v) is 2.46. The second-order valence-corrected chi connectivity index (χ2v) is 6.23. The van der Waals surface area contributed by atoms with Gasteiger partial charge in [-0.3, -0.25) is 9.59 Å². The van der Waals surface area contributed by atoms with Crippen LogP contribution >= 0.6 is 0 Å². The SMILES string of the molecule is COc1ccc(NC(=O)C(=O)NC[C@H](O)c2ccc(N(C)C)cc2)c(OC)c1. The molecule has 0 aliphatic rings. The molecule has 0 saturated carbocycles. The summed E-state index contributed by atoms with van der Waals surface area (Å²) in [5.74, 6) is -0.801. The number of aliphatic hydroxyl groups excluding tert-OH is 1. The van der Waals surface area contributed by atoms with Gasteiger partial charge in [-0.25, -0.2) is 0 Å². The number of rotatable bonds is 7. The largest absolute Gasteiger partial charge is 0.497 e. The average Bonchev–Trinajstić information content (AvgIpc) is 2.71. The van der Waals surface area contributed by atoms with Gasteiger partial charge in [0.2, 0.25) is 0 Å². The molecule has 150 valence electrons. The Morgan fingerprint density at radius 3 is 2.29 bits per heavy atom. The van der Waals surface area contributed by atoms with E-state index >= 15 is 0 Å². The minimum Gasteiger partial charge on any atom is -0.497 e. The number of carbonyl (C=O) groups is 2. The van der Waals surface area contributed by atoms with Crippen molar-refractivity contribution in [3.8, 4) is 11.5 Å². The normalized spacial score (nSPS) is 11.3. The van der Waals surface area contributed by atoms with Gasteiger partial charge in [-0.05, 0) is 29.8 Å². The first-order chi connectivity index (χ1) is 13.3. The molecular weight excluding hydrogens is 362 g/mol. The van der Waals surface area contributed by atoms with Gasteiger partial charge in [0, 0.05) is 32.4 Å². The van der Waals surface area contributed by atoms with Crippen LogP contribution in [0, 0.1) is 0 Å². The zero-order valence-electron chi connectivity index (χ0n) is 16.4. The highest BCUT2D eigenvalue weighted by atomic mass is 16.5. The van der Waals surface area contributed by atoms with Crippen LogP contribution in [0.1, 0.15) is 11.7 Å². The predicted octanol–water partition coefficient (Wildman–Crippen LogP) is 1.56. The van der Waals surface area contributed by atoms with Crippen molar-refractivity contribution < 1.29 is 24.2 Å². The van der Waals surface area contributed by atoms with Crippen LogP contribution in [0.2, 0.25) is 0 Å². The van der Waals surface area contributed by atoms with E-state index < -0.39 is 17.9 Å². The van der Waals surface area contributed by atoms with Crippen LogP contribution in [0.3, 0.4) is 0 Å². The van der Waals surface area contributed by atoms with Crippen molar-refractivity contribution in [2.24, 2.45) is 0 Å². The monoisotopic (exact) mass is 387 g/mol. The van der Waals surface area contributed by atoms with Gasteiger partial charge in [-0.15, -0.1) is 0 Å². The molecule has 0 spiro atoms. The number of nitrogens with one attached hydrogen (secondary N) is 2. The van der Waals surface area contributed by atoms with Gasteiger partial charge >= 0.3 is 11.8 Å². The first-order valence-electron chi connectivity index (χ1n) is 8.62. The Kier molecular flexibility index (Phi) is 7.22. The topological polar surface area (TPSA) is 100 Å².